The number of nitrogens with zero attached hydrogens (tertiary/aromatic N) is 3. The Balaban J connectivity index is 1.33. The summed E-state index contributed by atoms with van der Waals surface area (Å²) >= 11 is 1.50. The second-order valence-electron chi connectivity index (χ2n) is 9.76. The highest BCUT2D eigenvalue weighted by Gasteiger charge is 2.27. The number of anilines is 3. The zero-order valence-electron chi connectivity index (χ0n) is 22.2. The number of rotatable bonds is 10. The van der Waals surface area contributed by atoms with Crippen molar-refractivity contribution in [3.05, 3.63) is 70.7 Å². The van der Waals surface area contributed by atoms with Crippen molar-refractivity contribution in [1.82, 2.24) is 9.62 Å². The third-order valence-electron chi connectivity index (χ3n) is 7.09. The van der Waals surface area contributed by atoms with Gasteiger partial charge in [-0.1, -0.05) is 18.2 Å². The molecule has 2 aromatic carbocycles. The first-order valence-corrected chi connectivity index (χ1v) is 15.8. The van der Waals surface area contributed by atoms with Crippen LogP contribution < -0.4 is 19.8 Å². The highest BCUT2D eigenvalue weighted by molar-refractivity contribution is 7.89. The smallest absolute Gasteiger partial charge is 0.242 e. The Morgan fingerprint density at radius 1 is 0.925 bits per heavy atom. The van der Waals surface area contributed by atoms with Gasteiger partial charge in [0, 0.05) is 62.9 Å². The van der Waals surface area contributed by atoms with Crippen LogP contribution in [0.15, 0.2) is 64.9 Å². The zero-order chi connectivity index (χ0) is 28.0. The first-order chi connectivity index (χ1) is 19.4. The highest BCUT2D eigenvalue weighted by atomic mass is 32.2. The molecule has 0 radical (unpaired) electrons. The summed E-state index contributed by atoms with van der Waals surface area (Å²) in [5.41, 5.74) is 1.52. The molecule has 40 heavy (non-hydrogen) atoms. The third kappa shape index (κ3) is 7.18. The molecule has 1 aromatic heterocycles. The van der Waals surface area contributed by atoms with Gasteiger partial charge in [0.1, 0.15) is 10.7 Å². The summed E-state index contributed by atoms with van der Waals surface area (Å²) in [4.78, 5) is 19.8. The average Bonchev–Trinajstić information content (AvgIpc) is 3.47. The van der Waals surface area contributed by atoms with Crippen molar-refractivity contribution in [3.63, 3.8) is 0 Å². The molecule has 214 valence electrons. The van der Waals surface area contributed by atoms with Crippen molar-refractivity contribution in [1.29, 1.82) is 0 Å². The average molecular weight is 588 g/mol. The van der Waals surface area contributed by atoms with Crippen LogP contribution in [0.5, 0.6) is 0 Å². The monoisotopic (exact) mass is 587 g/mol. The fourth-order valence-electron chi connectivity index (χ4n) is 4.98. The lowest BCUT2D eigenvalue weighted by Gasteiger charge is -2.38. The van der Waals surface area contributed by atoms with Gasteiger partial charge in [-0.05, 0) is 41.8 Å². The van der Waals surface area contributed by atoms with Crippen LogP contribution in [0.25, 0.3) is 0 Å². The van der Waals surface area contributed by atoms with Crippen LogP contribution in [0.1, 0.15) is 4.88 Å². The van der Waals surface area contributed by atoms with E-state index in [0.29, 0.717) is 63.0 Å². The van der Waals surface area contributed by atoms with Crippen LogP contribution in [-0.2, 0) is 26.0 Å². The van der Waals surface area contributed by atoms with E-state index in [9.17, 15) is 17.6 Å². The number of thiophene rings is 1. The number of benzene rings is 2. The molecule has 0 atom stereocenters. The second-order valence-corrected chi connectivity index (χ2v) is 12.5. The van der Waals surface area contributed by atoms with Gasteiger partial charge in [-0.3, -0.25) is 9.69 Å². The van der Waals surface area contributed by atoms with E-state index in [1.807, 2.05) is 33.4 Å². The molecular weight excluding hydrogens is 553 g/mol. The molecule has 2 fully saturated rings. The van der Waals surface area contributed by atoms with E-state index in [2.05, 4.69) is 14.9 Å². The second kappa shape index (κ2) is 13.1. The van der Waals surface area contributed by atoms with E-state index in [-0.39, 0.29) is 29.6 Å². The third-order valence-corrected chi connectivity index (χ3v) is 9.45. The molecule has 0 bridgehead atoms. The molecule has 0 unspecified atom stereocenters. The molecule has 3 heterocycles. The van der Waals surface area contributed by atoms with Crippen molar-refractivity contribution in [3.8, 4) is 0 Å². The van der Waals surface area contributed by atoms with Crippen molar-refractivity contribution < 1.29 is 22.3 Å². The van der Waals surface area contributed by atoms with E-state index in [1.165, 1.54) is 23.5 Å². The Morgan fingerprint density at radius 2 is 1.65 bits per heavy atom. The Hall–Kier alpha value is -3.03. The van der Waals surface area contributed by atoms with Gasteiger partial charge in [0.2, 0.25) is 15.9 Å². The van der Waals surface area contributed by atoms with Crippen LogP contribution >= 0.6 is 11.3 Å². The first kappa shape index (κ1) is 28.5. The molecule has 0 saturated carbocycles. The topological polar surface area (TPSA) is 94.2 Å². The van der Waals surface area contributed by atoms with Crippen molar-refractivity contribution >= 4 is 44.3 Å². The molecule has 2 aliphatic heterocycles. The van der Waals surface area contributed by atoms with Gasteiger partial charge in [-0.15, -0.1) is 11.3 Å². The maximum absolute atomic E-state index is 14.3. The Labute approximate surface area is 238 Å². The Morgan fingerprint density at radius 3 is 2.35 bits per heavy atom. The number of amides is 1. The van der Waals surface area contributed by atoms with E-state index >= 15 is 0 Å². The lowest BCUT2D eigenvalue weighted by molar-refractivity contribution is -0.115. The number of hydrogen-bond donors (Lipinski definition) is 2. The summed E-state index contributed by atoms with van der Waals surface area (Å²) in [7, 11) is -3.89. The van der Waals surface area contributed by atoms with Crippen molar-refractivity contribution in [2.45, 2.75) is 11.3 Å². The SMILES string of the molecule is O=C(Cc1cccs1)Nc1ccc(N2CCN(c3ccccc3F)CC2)c(S(=O)(=O)NCCN2CCOCC2)c1. The number of ether oxygens (including phenoxy) is 1. The number of carbonyl (C=O) groups excluding carboxylic acids is 1. The quantitative estimate of drug-likeness (QED) is 0.377. The molecule has 9 nitrogen and oxygen atoms in total. The van der Waals surface area contributed by atoms with Gasteiger partial charge in [-0.2, -0.15) is 0 Å². The molecule has 2 saturated heterocycles. The largest absolute Gasteiger partial charge is 0.379 e. The number of morpholine rings is 1. The molecule has 3 aromatic rings. The molecule has 0 spiro atoms. The predicted molar refractivity (Wildman–Crippen MR) is 156 cm³/mol. The number of hydrogen-bond acceptors (Lipinski definition) is 8. The summed E-state index contributed by atoms with van der Waals surface area (Å²) in [5, 5.41) is 4.76. The normalized spacial score (nSPS) is 16.7. The van der Waals surface area contributed by atoms with Gasteiger partial charge < -0.3 is 19.9 Å². The van der Waals surface area contributed by atoms with Gasteiger partial charge in [0.05, 0.1) is 31.0 Å². The van der Waals surface area contributed by atoms with Crippen molar-refractivity contribution in [2.24, 2.45) is 0 Å². The van der Waals surface area contributed by atoms with E-state index in [4.69, 9.17) is 4.74 Å². The summed E-state index contributed by atoms with van der Waals surface area (Å²) in [5.74, 6) is -0.483. The summed E-state index contributed by atoms with van der Waals surface area (Å²) in [6.07, 6.45) is 0.220. The maximum atomic E-state index is 14.3. The Kier molecular flexibility index (Phi) is 9.33. The zero-order valence-corrected chi connectivity index (χ0v) is 23.9. The van der Waals surface area contributed by atoms with E-state index in [1.54, 1.807) is 24.3 Å². The summed E-state index contributed by atoms with van der Waals surface area (Å²) in [6.45, 7) is 5.80. The van der Waals surface area contributed by atoms with Crippen LogP contribution in [0.3, 0.4) is 0 Å². The summed E-state index contributed by atoms with van der Waals surface area (Å²) < 4.78 is 49.7. The number of para-hydroxylation sites is 1. The molecule has 2 aliphatic rings. The fourth-order valence-corrected chi connectivity index (χ4v) is 6.96. The standard InChI is InChI=1S/C28H34FN5O4S2/c29-24-5-1-2-6-25(24)33-11-13-34(14-12-33)26-8-7-22(31-28(35)21-23-4-3-19-39-23)20-27(26)40(36,37)30-9-10-32-15-17-38-18-16-32/h1-8,19-20,30H,9-18,21H2,(H,31,35). The molecule has 0 aliphatic carbocycles. The van der Waals surface area contributed by atoms with E-state index < -0.39 is 10.0 Å². The van der Waals surface area contributed by atoms with Gasteiger partial charge in [0.25, 0.3) is 0 Å². The fraction of sp³-hybridized carbons (Fsp3) is 0.393. The Bertz CT molecular complexity index is 1390. The molecule has 12 heteroatoms. The summed E-state index contributed by atoms with van der Waals surface area (Å²) in [6, 6.07) is 15.5. The number of carbonyl (C=O) groups is 1. The molecule has 2 N–H and O–H groups in total. The van der Waals surface area contributed by atoms with Crippen LogP contribution in [0.4, 0.5) is 21.5 Å². The van der Waals surface area contributed by atoms with Crippen LogP contribution in [0.2, 0.25) is 0 Å². The van der Waals surface area contributed by atoms with E-state index in [0.717, 1.165) is 18.0 Å². The molecular formula is C28H34FN5O4S2. The highest BCUT2D eigenvalue weighted by Crippen LogP contribution is 2.31. The minimum absolute atomic E-state index is 0.114. The lowest BCUT2D eigenvalue weighted by Crippen LogP contribution is -2.47. The minimum Gasteiger partial charge on any atom is -0.379 e. The first-order valence-electron chi connectivity index (χ1n) is 13.4. The maximum Gasteiger partial charge on any atom is 0.242 e. The lowest BCUT2D eigenvalue weighted by atomic mass is 10.2. The minimum atomic E-state index is -3.89. The molecule has 5 rings (SSSR count). The van der Waals surface area contributed by atoms with Crippen molar-refractivity contribution in [2.75, 3.05) is 80.7 Å². The number of halogens is 1. The number of sulfonamides is 1. The van der Waals surface area contributed by atoms with Gasteiger partial charge >= 0.3 is 0 Å². The number of piperazine rings is 1. The van der Waals surface area contributed by atoms with Crippen LogP contribution in [-0.4, -0.2) is 84.8 Å². The predicted octanol–water partition coefficient (Wildman–Crippen LogP) is 3.01. The number of nitrogens with one attached hydrogen (secondary N) is 2. The van der Waals surface area contributed by atoms with Gasteiger partial charge in [-0.25, -0.2) is 17.5 Å². The van der Waals surface area contributed by atoms with Crippen LogP contribution in [0, 0.1) is 5.82 Å². The van der Waals surface area contributed by atoms with Gasteiger partial charge in [0.15, 0.2) is 0 Å². The molecule has 1 amide bonds.